The van der Waals surface area contributed by atoms with E-state index < -0.39 is 12.2 Å². The van der Waals surface area contributed by atoms with Crippen molar-refractivity contribution < 1.29 is 19.8 Å². The highest BCUT2D eigenvalue weighted by Crippen LogP contribution is 2.16. The fraction of sp³-hybridized carbons (Fsp3) is 0.800. The van der Waals surface area contributed by atoms with Crippen LogP contribution in [0.1, 0.15) is 13.3 Å². The van der Waals surface area contributed by atoms with Crippen LogP contribution >= 0.6 is 0 Å². The molecule has 0 aromatic carbocycles. The van der Waals surface area contributed by atoms with E-state index in [9.17, 15) is 14.7 Å². The van der Waals surface area contributed by atoms with Gasteiger partial charge < -0.3 is 20.4 Å². The van der Waals surface area contributed by atoms with Crippen molar-refractivity contribution in [2.75, 3.05) is 26.7 Å². The summed E-state index contributed by atoms with van der Waals surface area (Å²) in [6, 6.07) is 0. The predicted molar refractivity (Wildman–Crippen MR) is 56.5 cm³/mol. The maximum atomic E-state index is 11.6. The van der Waals surface area contributed by atoms with E-state index in [2.05, 4.69) is 5.32 Å². The first kappa shape index (κ1) is 12.9. The summed E-state index contributed by atoms with van der Waals surface area (Å²) in [6.45, 7) is 1.40. The van der Waals surface area contributed by atoms with E-state index in [4.69, 9.17) is 5.11 Å². The molecule has 2 unspecified atom stereocenters. The van der Waals surface area contributed by atoms with Crippen LogP contribution in [-0.2, 0) is 9.59 Å². The fourth-order valence-electron chi connectivity index (χ4n) is 1.52. The van der Waals surface area contributed by atoms with Gasteiger partial charge in [-0.1, -0.05) is 0 Å². The number of aliphatic hydroxyl groups is 2. The van der Waals surface area contributed by atoms with Crippen molar-refractivity contribution in [2.24, 2.45) is 5.92 Å². The average Bonchev–Trinajstić information content (AvgIpc) is 2.56. The third-order valence-electron chi connectivity index (χ3n) is 2.70. The van der Waals surface area contributed by atoms with E-state index in [-0.39, 0.29) is 30.7 Å². The van der Waals surface area contributed by atoms with Crippen LogP contribution in [0, 0.1) is 5.92 Å². The molecule has 0 aliphatic carbocycles. The Balaban J connectivity index is 2.40. The van der Waals surface area contributed by atoms with Crippen LogP contribution in [-0.4, -0.2) is 59.3 Å². The summed E-state index contributed by atoms with van der Waals surface area (Å²) < 4.78 is 0. The van der Waals surface area contributed by atoms with Crippen LogP contribution in [0.25, 0.3) is 0 Å². The van der Waals surface area contributed by atoms with Crippen LogP contribution < -0.4 is 5.32 Å². The quantitative estimate of drug-likeness (QED) is 0.538. The number of carbonyl (C=O) groups is 2. The van der Waals surface area contributed by atoms with Crippen LogP contribution in [0.4, 0.5) is 0 Å². The smallest absolute Gasteiger partial charge is 0.225 e. The molecular weight excluding hydrogens is 212 g/mol. The molecule has 6 nitrogen and oxygen atoms in total. The van der Waals surface area contributed by atoms with Crippen molar-refractivity contribution in [3.63, 3.8) is 0 Å². The zero-order chi connectivity index (χ0) is 12.3. The summed E-state index contributed by atoms with van der Waals surface area (Å²) in [6.07, 6.45) is 0.212. The van der Waals surface area contributed by atoms with Gasteiger partial charge in [0, 0.05) is 26.6 Å². The van der Waals surface area contributed by atoms with E-state index in [0.29, 0.717) is 6.54 Å². The molecule has 2 amide bonds. The highest BCUT2D eigenvalue weighted by molar-refractivity contribution is 5.89. The van der Waals surface area contributed by atoms with Crippen LogP contribution in [0.3, 0.4) is 0 Å². The summed E-state index contributed by atoms with van der Waals surface area (Å²) in [5.41, 5.74) is -1.32. The van der Waals surface area contributed by atoms with Crippen molar-refractivity contribution in [1.82, 2.24) is 10.2 Å². The molecule has 0 saturated carbocycles. The lowest BCUT2D eigenvalue weighted by molar-refractivity contribution is -0.128. The van der Waals surface area contributed by atoms with Gasteiger partial charge in [0.2, 0.25) is 11.8 Å². The van der Waals surface area contributed by atoms with Gasteiger partial charge in [0.15, 0.2) is 0 Å². The monoisotopic (exact) mass is 230 g/mol. The van der Waals surface area contributed by atoms with Gasteiger partial charge in [-0.2, -0.15) is 0 Å². The number of nitrogens with zero attached hydrogens (tertiary/aromatic N) is 1. The Hall–Kier alpha value is -1.14. The minimum atomic E-state index is -1.32. The highest BCUT2D eigenvalue weighted by Gasteiger charge is 2.32. The Morgan fingerprint density at radius 2 is 2.31 bits per heavy atom. The van der Waals surface area contributed by atoms with E-state index >= 15 is 0 Å². The highest BCUT2D eigenvalue weighted by atomic mass is 16.3. The van der Waals surface area contributed by atoms with Gasteiger partial charge in [-0.25, -0.2) is 0 Å². The minimum absolute atomic E-state index is 0.0171. The topological polar surface area (TPSA) is 89.9 Å². The first-order valence-corrected chi connectivity index (χ1v) is 5.20. The summed E-state index contributed by atoms with van der Waals surface area (Å²) >= 11 is 0. The Kier molecular flexibility index (Phi) is 3.88. The molecule has 92 valence electrons. The van der Waals surface area contributed by atoms with Gasteiger partial charge in [-0.3, -0.25) is 9.59 Å². The molecule has 6 heteroatoms. The van der Waals surface area contributed by atoms with Crippen LogP contribution in [0.15, 0.2) is 0 Å². The lowest BCUT2D eigenvalue weighted by Gasteiger charge is -2.21. The number of likely N-dealkylation sites (tertiary alicyclic amines) is 1. The average molecular weight is 230 g/mol. The molecule has 1 heterocycles. The molecule has 16 heavy (non-hydrogen) atoms. The lowest BCUT2D eigenvalue weighted by atomic mass is 10.1. The van der Waals surface area contributed by atoms with Gasteiger partial charge >= 0.3 is 0 Å². The Labute approximate surface area is 94.2 Å². The lowest BCUT2D eigenvalue weighted by Crippen LogP contribution is -2.45. The Morgan fingerprint density at radius 3 is 2.75 bits per heavy atom. The number of aliphatic hydroxyl groups excluding tert-OH is 1. The molecule has 1 rings (SSSR count). The molecule has 3 N–H and O–H groups in total. The molecule has 1 aliphatic rings. The van der Waals surface area contributed by atoms with Crippen molar-refractivity contribution in [1.29, 1.82) is 0 Å². The van der Waals surface area contributed by atoms with Gasteiger partial charge in [0.05, 0.1) is 12.5 Å². The second kappa shape index (κ2) is 4.80. The zero-order valence-corrected chi connectivity index (χ0v) is 9.56. The summed E-state index contributed by atoms with van der Waals surface area (Å²) in [7, 11) is 1.65. The third-order valence-corrected chi connectivity index (χ3v) is 2.70. The van der Waals surface area contributed by atoms with E-state index in [1.165, 1.54) is 11.8 Å². The second-order valence-corrected chi connectivity index (χ2v) is 4.55. The number of hydrogen-bond donors (Lipinski definition) is 3. The van der Waals surface area contributed by atoms with E-state index in [1.807, 2.05) is 0 Å². The normalized spacial score (nSPS) is 24.4. The molecule has 0 spiro atoms. The largest absolute Gasteiger partial charge is 0.393 e. The van der Waals surface area contributed by atoms with E-state index in [1.54, 1.807) is 7.05 Å². The standard InChI is InChI=1S/C10H18N2O4/c1-10(16,6-13)5-11-9(15)7-3-8(14)12(2)4-7/h7,13,16H,3-6H2,1-2H3,(H,11,15). The summed E-state index contributed by atoms with van der Waals surface area (Å²) in [5.74, 6) is -0.660. The first-order valence-electron chi connectivity index (χ1n) is 5.20. The minimum Gasteiger partial charge on any atom is -0.393 e. The summed E-state index contributed by atoms with van der Waals surface area (Å²) in [5, 5.41) is 20.8. The van der Waals surface area contributed by atoms with Crippen LogP contribution in [0.2, 0.25) is 0 Å². The maximum absolute atomic E-state index is 11.6. The predicted octanol–water partition coefficient (Wildman–Crippen LogP) is -1.68. The fourth-order valence-corrected chi connectivity index (χ4v) is 1.52. The molecule has 0 aromatic rings. The van der Waals surface area contributed by atoms with Gasteiger partial charge in [-0.15, -0.1) is 0 Å². The Morgan fingerprint density at radius 1 is 1.69 bits per heavy atom. The molecular formula is C10H18N2O4. The van der Waals surface area contributed by atoms with Crippen molar-refractivity contribution in [3.8, 4) is 0 Å². The number of nitrogens with one attached hydrogen (secondary N) is 1. The molecule has 0 radical (unpaired) electrons. The van der Waals surface area contributed by atoms with Crippen LogP contribution in [0.5, 0.6) is 0 Å². The SMILES string of the molecule is CN1CC(C(=O)NCC(C)(O)CO)CC1=O. The molecule has 0 aromatic heterocycles. The van der Waals surface area contributed by atoms with Crippen molar-refractivity contribution in [3.05, 3.63) is 0 Å². The van der Waals surface area contributed by atoms with Crippen molar-refractivity contribution in [2.45, 2.75) is 18.9 Å². The number of carbonyl (C=O) groups excluding carboxylic acids is 2. The molecule has 1 saturated heterocycles. The maximum Gasteiger partial charge on any atom is 0.225 e. The second-order valence-electron chi connectivity index (χ2n) is 4.55. The molecule has 1 aliphatic heterocycles. The number of hydrogen-bond acceptors (Lipinski definition) is 4. The zero-order valence-electron chi connectivity index (χ0n) is 9.56. The summed E-state index contributed by atoms with van der Waals surface area (Å²) in [4.78, 5) is 24.3. The van der Waals surface area contributed by atoms with Gasteiger partial charge in [0.25, 0.3) is 0 Å². The molecule has 2 atom stereocenters. The number of rotatable bonds is 4. The van der Waals surface area contributed by atoms with Gasteiger partial charge in [-0.05, 0) is 6.92 Å². The molecule has 1 fully saturated rings. The van der Waals surface area contributed by atoms with E-state index in [0.717, 1.165) is 0 Å². The number of amides is 2. The third kappa shape index (κ3) is 3.18. The molecule has 0 bridgehead atoms. The van der Waals surface area contributed by atoms with Crippen molar-refractivity contribution >= 4 is 11.8 Å². The first-order chi connectivity index (χ1) is 7.35. The Bertz CT molecular complexity index is 291. The van der Waals surface area contributed by atoms with Gasteiger partial charge in [0.1, 0.15) is 5.60 Å².